The molecule has 1 aromatic carbocycles. The van der Waals surface area contributed by atoms with Crippen molar-refractivity contribution < 1.29 is 0 Å². The van der Waals surface area contributed by atoms with E-state index in [1.807, 2.05) is 34.6 Å². The lowest BCUT2D eigenvalue weighted by Crippen LogP contribution is -2.46. The van der Waals surface area contributed by atoms with Crippen LogP contribution in [0.4, 0.5) is 5.82 Å². The van der Waals surface area contributed by atoms with Crippen LogP contribution in [0.2, 0.25) is 0 Å². The Morgan fingerprint density at radius 2 is 1.51 bits per heavy atom. The number of piperazine rings is 1. The minimum Gasteiger partial charge on any atom is -0.402 e. The number of anilines is 1. The van der Waals surface area contributed by atoms with Gasteiger partial charge in [0.05, 0.1) is 5.69 Å². The van der Waals surface area contributed by atoms with Gasteiger partial charge in [-0.05, 0) is 55.2 Å². The summed E-state index contributed by atoms with van der Waals surface area (Å²) in [7, 11) is 0. The van der Waals surface area contributed by atoms with Crippen molar-refractivity contribution in [3.05, 3.63) is 71.2 Å². The van der Waals surface area contributed by atoms with Gasteiger partial charge in [-0.2, -0.15) is 0 Å². The van der Waals surface area contributed by atoms with E-state index in [4.69, 9.17) is 15.7 Å². The van der Waals surface area contributed by atoms with Crippen molar-refractivity contribution >= 4 is 11.4 Å². The van der Waals surface area contributed by atoms with E-state index in [1.165, 1.54) is 18.4 Å². The van der Waals surface area contributed by atoms with E-state index >= 15 is 0 Å². The molecule has 2 heterocycles. The second-order valence-electron chi connectivity index (χ2n) is 12.9. The lowest BCUT2D eigenvalue weighted by Gasteiger charge is -2.35. The number of benzene rings is 1. The number of nitrogens with zero attached hydrogens (tertiary/aromatic N) is 4. The monoisotopic (exact) mass is 618 g/mol. The first-order valence-electron chi connectivity index (χ1n) is 17.9. The van der Waals surface area contributed by atoms with Gasteiger partial charge in [-0.25, -0.2) is 9.97 Å². The molecule has 1 aliphatic carbocycles. The van der Waals surface area contributed by atoms with E-state index in [-0.39, 0.29) is 0 Å². The molecular weight excluding hydrogens is 550 g/mol. The van der Waals surface area contributed by atoms with Crippen LogP contribution in [0.1, 0.15) is 120 Å². The molecule has 1 aliphatic heterocycles. The lowest BCUT2D eigenvalue weighted by molar-refractivity contribution is 0.258. The topological polar surface area (TPSA) is 58.3 Å². The summed E-state index contributed by atoms with van der Waals surface area (Å²) >= 11 is 0. The van der Waals surface area contributed by atoms with Crippen molar-refractivity contribution in [2.45, 2.75) is 115 Å². The van der Waals surface area contributed by atoms with Crippen LogP contribution in [0, 0.1) is 11.3 Å². The predicted octanol–water partition coefficient (Wildman–Crippen LogP) is 10.3. The fourth-order valence-electron chi connectivity index (χ4n) is 4.95. The maximum absolute atomic E-state index is 6.46. The maximum atomic E-state index is 6.46. The van der Waals surface area contributed by atoms with Crippen molar-refractivity contribution in [2.24, 2.45) is 17.1 Å². The Kier molecular flexibility index (Phi) is 18.7. The highest BCUT2D eigenvalue weighted by Crippen LogP contribution is 2.32. The summed E-state index contributed by atoms with van der Waals surface area (Å²) in [5.41, 5.74) is 13.3. The molecule has 2 N–H and O–H groups in total. The van der Waals surface area contributed by atoms with Gasteiger partial charge in [-0.15, -0.1) is 0 Å². The van der Waals surface area contributed by atoms with Crippen LogP contribution < -0.4 is 10.6 Å². The van der Waals surface area contributed by atoms with Gasteiger partial charge in [0, 0.05) is 49.1 Å². The van der Waals surface area contributed by atoms with Crippen LogP contribution in [0.15, 0.2) is 59.8 Å². The summed E-state index contributed by atoms with van der Waals surface area (Å²) in [4.78, 5) is 15.1. The first kappa shape index (κ1) is 40.1. The van der Waals surface area contributed by atoms with Crippen molar-refractivity contribution in [2.75, 3.05) is 37.6 Å². The largest absolute Gasteiger partial charge is 0.402 e. The number of aromatic nitrogens is 2. The van der Waals surface area contributed by atoms with E-state index in [1.54, 1.807) is 0 Å². The molecule has 1 aromatic heterocycles. The van der Waals surface area contributed by atoms with E-state index in [2.05, 4.69) is 107 Å². The average molecular weight is 618 g/mol. The molecule has 0 bridgehead atoms. The molecule has 5 heteroatoms. The summed E-state index contributed by atoms with van der Waals surface area (Å²) in [6.07, 6.45) is 12.4. The molecule has 0 radical (unpaired) electrons. The second-order valence-corrected chi connectivity index (χ2v) is 12.9. The highest BCUT2D eigenvalue weighted by molar-refractivity contribution is 5.82. The Hall–Kier alpha value is -2.92. The average Bonchev–Trinajstić information content (AvgIpc) is 3.05. The minimum atomic E-state index is 0.542. The molecule has 1 fully saturated rings. The molecule has 1 atom stereocenters. The van der Waals surface area contributed by atoms with Crippen LogP contribution in [0.5, 0.6) is 0 Å². The molecule has 5 nitrogen and oxygen atoms in total. The predicted molar refractivity (Wildman–Crippen MR) is 201 cm³/mol. The van der Waals surface area contributed by atoms with E-state index in [9.17, 15) is 0 Å². The van der Waals surface area contributed by atoms with Crippen molar-refractivity contribution in [3.8, 4) is 11.3 Å². The molecule has 0 amide bonds. The summed E-state index contributed by atoms with van der Waals surface area (Å²) in [5, 5.41) is 0. The normalized spacial score (nSPS) is 17.0. The number of hydrogen-bond acceptors (Lipinski definition) is 5. The molecular formula is C40H67N5. The third-order valence-corrected chi connectivity index (χ3v) is 8.02. The number of nitrogens with two attached hydrogens (primary N) is 1. The van der Waals surface area contributed by atoms with Crippen LogP contribution in [-0.4, -0.2) is 47.6 Å². The summed E-state index contributed by atoms with van der Waals surface area (Å²) < 4.78 is 0. The van der Waals surface area contributed by atoms with Gasteiger partial charge in [0.25, 0.3) is 0 Å². The zero-order chi connectivity index (χ0) is 34.0. The molecule has 2 aromatic rings. The van der Waals surface area contributed by atoms with E-state index in [0.29, 0.717) is 11.3 Å². The third kappa shape index (κ3) is 13.5. The third-order valence-electron chi connectivity index (χ3n) is 8.02. The van der Waals surface area contributed by atoms with E-state index in [0.717, 1.165) is 91.7 Å². The van der Waals surface area contributed by atoms with Crippen LogP contribution >= 0.6 is 0 Å². The van der Waals surface area contributed by atoms with E-state index < -0.39 is 0 Å². The molecule has 2 aliphatic rings. The molecule has 0 spiro atoms. The van der Waals surface area contributed by atoms with Gasteiger partial charge in [-0.1, -0.05) is 131 Å². The Morgan fingerprint density at radius 1 is 0.911 bits per heavy atom. The Labute approximate surface area is 278 Å². The molecule has 252 valence electrons. The van der Waals surface area contributed by atoms with Gasteiger partial charge >= 0.3 is 0 Å². The maximum Gasteiger partial charge on any atom is 0.164 e. The first-order valence-corrected chi connectivity index (χ1v) is 17.9. The van der Waals surface area contributed by atoms with Crippen LogP contribution in [0.3, 0.4) is 0 Å². The Balaban J connectivity index is 0.000000894. The van der Waals surface area contributed by atoms with Gasteiger partial charge in [0.1, 0.15) is 5.82 Å². The smallest absolute Gasteiger partial charge is 0.164 e. The fraction of sp³-hybridized carbons (Fsp3) is 0.600. The number of allylic oxidation sites excluding steroid dienone is 6. The van der Waals surface area contributed by atoms with Gasteiger partial charge in [-0.3, -0.25) is 4.90 Å². The second kappa shape index (κ2) is 21.0. The molecule has 1 saturated heterocycles. The zero-order valence-electron chi connectivity index (χ0n) is 31.1. The fourth-order valence-corrected chi connectivity index (χ4v) is 4.95. The number of hydrogen-bond donors (Lipinski definition) is 1. The lowest BCUT2D eigenvalue weighted by atomic mass is 9.92. The molecule has 45 heavy (non-hydrogen) atoms. The number of rotatable bonds is 8. The van der Waals surface area contributed by atoms with Crippen molar-refractivity contribution in [3.63, 3.8) is 0 Å². The van der Waals surface area contributed by atoms with Gasteiger partial charge in [0.15, 0.2) is 5.82 Å². The molecule has 4 rings (SSSR count). The highest BCUT2D eigenvalue weighted by atomic mass is 15.3. The quantitative estimate of drug-likeness (QED) is 0.319. The Bertz CT molecular complexity index is 1190. The SMILES string of the molecule is CC.CC.CCC(C)(C)C.CCCc1ccc(-c2cc(N3CCN(CCC)CC3)nc(/C(C3=CCC(C)C=C3)=C(/C)N)n2)cc1. The Morgan fingerprint density at radius 3 is 1.98 bits per heavy atom. The molecule has 1 unspecified atom stereocenters. The molecule has 0 saturated carbocycles. The van der Waals surface area contributed by atoms with Gasteiger partial charge in [0.2, 0.25) is 0 Å². The first-order chi connectivity index (χ1) is 21.5. The minimum absolute atomic E-state index is 0.542. The standard InChI is InChI=1S/C30H41N5.C6H14.2C2H6/c1-5-7-24-10-14-25(15-11-24)27-21-28(35-19-17-34(16-6-2)18-20-35)33-30(32-27)29(23(4)31)26-12-8-22(3)9-13-26;1-5-6(2,3)4;2*1-2/h8,10-15,21-22H,5-7,9,16-20,31H2,1-4H3;5H2,1-4H3;2*1-2H3/b29-23-;;;. The zero-order valence-corrected chi connectivity index (χ0v) is 31.1. The number of aryl methyl sites for hydroxylation is 1. The summed E-state index contributed by atoms with van der Waals surface area (Å²) in [6, 6.07) is 11.0. The van der Waals surface area contributed by atoms with Crippen LogP contribution in [-0.2, 0) is 6.42 Å². The highest BCUT2D eigenvalue weighted by Gasteiger charge is 2.22. The van der Waals surface area contributed by atoms with Crippen molar-refractivity contribution in [1.29, 1.82) is 0 Å². The summed E-state index contributed by atoms with van der Waals surface area (Å²) in [5.74, 6) is 2.25. The summed E-state index contributed by atoms with van der Waals surface area (Å²) in [6.45, 7) is 30.9. The van der Waals surface area contributed by atoms with Gasteiger partial charge < -0.3 is 10.6 Å². The van der Waals surface area contributed by atoms with Crippen LogP contribution in [0.25, 0.3) is 16.8 Å². The van der Waals surface area contributed by atoms with Crippen molar-refractivity contribution in [1.82, 2.24) is 14.9 Å².